The van der Waals surface area contributed by atoms with E-state index in [1.807, 2.05) is 6.92 Å². The number of allylic oxidation sites excluding steroid dienone is 3. The number of rotatable bonds is 5. The molecular formula is C23H27F6N. The van der Waals surface area contributed by atoms with Gasteiger partial charge < -0.3 is 0 Å². The zero-order chi connectivity index (χ0) is 21.9. The van der Waals surface area contributed by atoms with Crippen LogP contribution >= 0.6 is 0 Å². The molecule has 1 unspecified atom stereocenters. The second-order valence-electron chi connectivity index (χ2n) is 8.18. The molecule has 30 heavy (non-hydrogen) atoms. The third kappa shape index (κ3) is 5.48. The molecule has 1 aliphatic heterocycles. The Balaban J connectivity index is 1.81. The molecule has 0 saturated carbocycles. The summed E-state index contributed by atoms with van der Waals surface area (Å²) in [5, 5.41) is 0. The summed E-state index contributed by atoms with van der Waals surface area (Å²) in [6.45, 7) is 3.12. The molecule has 1 heterocycles. The molecule has 2 atom stereocenters. The van der Waals surface area contributed by atoms with Crippen molar-refractivity contribution in [3.05, 3.63) is 58.7 Å². The molecule has 0 bridgehead atoms. The summed E-state index contributed by atoms with van der Waals surface area (Å²) in [5.41, 5.74) is 0.309. The first-order chi connectivity index (χ1) is 14.1. The molecule has 7 heteroatoms. The van der Waals surface area contributed by atoms with E-state index >= 15 is 0 Å². The van der Waals surface area contributed by atoms with E-state index in [4.69, 9.17) is 0 Å². The summed E-state index contributed by atoms with van der Waals surface area (Å²) < 4.78 is 78.4. The van der Waals surface area contributed by atoms with Gasteiger partial charge in [-0.3, -0.25) is 4.90 Å². The first-order valence-electron chi connectivity index (χ1n) is 10.5. The van der Waals surface area contributed by atoms with Crippen LogP contribution in [0.15, 0.2) is 42.0 Å². The lowest BCUT2D eigenvalue weighted by Gasteiger charge is -2.40. The van der Waals surface area contributed by atoms with Gasteiger partial charge in [0, 0.05) is 12.6 Å². The van der Waals surface area contributed by atoms with Crippen LogP contribution in [0.3, 0.4) is 0 Å². The fraction of sp³-hybridized carbons (Fsp3) is 0.565. The van der Waals surface area contributed by atoms with Gasteiger partial charge in [0.15, 0.2) is 0 Å². The molecule has 0 radical (unpaired) electrons. The van der Waals surface area contributed by atoms with E-state index in [1.54, 1.807) is 12.1 Å². The Hall–Kier alpha value is -1.76. The Labute approximate surface area is 173 Å². The normalized spacial score (nSPS) is 23.5. The van der Waals surface area contributed by atoms with Gasteiger partial charge in [0.25, 0.3) is 0 Å². The van der Waals surface area contributed by atoms with Crippen molar-refractivity contribution in [3.8, 4) is 0 Å². The van der Waals surface area contributed by atoms with Crippen LogP contribution in [0.2, 0.25) is 0 Å². The molecule has 0 aromatic heterocycles. The monoisotopic (exact) mass is 431 g/mol. The number of piperidine rings is 1. The molecule has 1 aromatic carbocycles. The smallest absolute Gasteiger partial charge is 0.296 e. The van der Waals surface area contributed by atoms with Gasteiger partial charge in [-0.15, -0.1) is 0 Å². The standard InChI is InChI=1S/C23H27F6N/c1-2-5-16-7-12-20(23(27,28)29)14-18(16)15-30-13-4-3-6-21(30)17-8-10-19(11-9-17)22(24,25)26/h7-8,10-12,14,17,21H,2-6,9,13,15H2,1H3/t17?,21-/m1/s1. The minimum Gasteiger partial charge on any atom is -0.296 e. The lowest BCUT2D eigenvalue weighted by atomic mass is 9.84. The highest BCUT2D eigenvalue weighted by Crippen LogP contribution is 2.36. The van der Waals surface area contributed by atoms with Gasteiger partial charge >= 0.3 is 12.4 Å². The highest BCUT2D eigenvalue weighted by molar-refractivity contribution is 5.34. The minimum absolute atomic E-state index is 0.0325. The highest BCUT2D eigenvalue weighted by Gasteiger charge is 2.36. The molecule has 1 aromatic rings. The van der Waals surface area contributed by atoms with E-state index in [0.29, 0.717) is 24.9 Å². The van der Waals surface area contributed by atoms with E-state index < -0.39 is 23.5 Å². The van der Waals surface area contributed by atoms with Crippen LogP contribution in [-0.4, -0.2) is 23.7 Å². The fourth-order valence-corrected chi connectivity index (χ4v) is 4.51. The van der Waals surface area contributed by atoms with Crippen molar-refractivity contribution < 1.29 is 26.3 Å². The van der Waals surface area contributed by atoms with Crippen LogP contribution in [-0.2, 0) is 19.1 Å². The topological polar surface area (TPSA) is 3.24 Å². The van der Waals surface area contributed by atoms with Gasteiger partial charge in [0.05, 0.1) is 11.1 Å². The SMILES string of the molecule is CCCc1ccc(C(F)(F)F)cc1CN1CCCC[C@@H]1C1C=CC(C(F)(F)F)=CC1. The maximum absolute atomic E-state index is 13.2. The van der Waals surface area contributed by atoms with E-state index in [9.17, 15) is 26.3 Å². The number of halogens is 6. The summed E-state index contributed by atoms with van der Waals surface area (Å²) in [6.07, 6.45) is -0.131. The molecule has 2 aliphatic rings. The Morgan fingerprint density at radius 2 is 1.77 bits per heavy atom. The predicted molar refractivity (Wildman–Crippen MR) is 105 cm³/mol. The molecule has 0 spiro atoms. The van der Waals surface area contributed by atoms with Gasteiger partial charge in [-0.05, 0) is 61.4 Å². The highest BCUT2D eigenvalue weighted by atomic mass is 19.4. The Morgan fingerprint density at radius 1 is 1.00 bits per heavy atom. The summed E-state index contributed by atoms with van der Waals surface area (Å²) in [5.74, 6) is -0.0585. The van der Waals surface area contributed by atoms with E-state index in [2.05, 4.69) is 4.90 Å². The summed E-state index contributed by atoms with van der Waals surface area (Å²) >= 11 is 0. The lowest BCUT2D eigenvalue weighted by molar-refractivity contribution is -0.137. The molecule has 1 saturated heterocycles. The first-order valence-corrected chi connectivity index (χ1v) is 10.5. The lowest BCUT2D eigenvalue weighted by Crippen LogP contribution is -2.43. The van der Waals surface area contributed by atoms with Crippen molar-refractivity contribution in [1.29, 1.82) is 0 Å². The Morgan fingerprint density at radius 3 is 2.37 bits per heavy atom. The van der Waals surface area contributed by atoms with Gasteiger partial charge in [-0.2, -0.15) is 26.3 Å². The number of hydrogen-bond donors (Lipinski definition) is 0. The molecule has 1 fully saturated rings. The average molecular weight is 431 g/mol. The van der Waals surface area contributed by atoms with Crippen molar-refractivity contribution in [2.24, 2.45) is 5.92 Å². The number of nitrogens with zero attached hydrogens (tertiary/aromatic N) is 1. The number of aryl methyl sites for hydroxylation is 1. The van der Waals surface area contributed by atoms with Crippen molar-refractivity contribution >= 4 is 0 Å². The van der Waals surface area contributed by atoms with E-state index in [-0.39, 0.29) is 12.0 Å². The van der Waals surface area contributed by atoms with Crippen molar-refractivity contribution in [3.63, 3.8) is 0 Å². The average Bonchev–Trinajstić information content (AvgIpc) is 2.68. The third-order valence-electron chi connectivity index (χ3n) is 6.05. The van der Waals surface area contributed by atoms with Gasteiger partial charge in [-0.25, -0.2) is 0 Å². The van der Waals surface area contributed by atoms with Gasteiger partial charge in [0.1, 0.15) is 0 Å². The van der Waals surface area contributed by atoms with Crippen LogP contribution in [0.25, 0.3) is 0 Å². The second kappa shape index (κ2) is 9.16. The van der Waals surface area contributed by atoms with Crippen molar-refractivity contribution in [1.82, 2.24) is 4.90 Å². The molecule has 3 rings (SSSR count). The molecule has 0 N–H and O–H groups in total. The number of hydrogen-bond acceptors (Lipinski definition) is 1. The largest absolute Gasteiger partial charge is 0.416 e. The Kier molecular flexibility index (Phi) is 7.00. The molecule has 0 amide bonds. The zero-order valence-electron chi connectivity index (χ0n) is 17.0. The maximum atomic E-state index is 13.2. The summed E-state index contributed by atoms with van der Waals surface area (Å²) in [4.78, 5) is 2.17. The second-order valence-corrected chi connectivity index (χ2v) is 8.18. The first kappa shape index (κ1) is 22.9. The fourth-order valence-electron chi connectivity index (χ4n) is 4.51. The van der Waals surface area contributed by atoms with Crippen molar-refractivity contribution in [2.75, 3.05) is 6.54 Å². The molecule has 166 valence electrons. The van der Waals surface area contributed by atoms with Crippen LogP contribution < -0.4 is 0 Å². The number of alkyl halides is 6. The maximum Gasteiger partial charge on any atom is 0.416 e. The molecular weight excluding hydrogens is 404 g/mol. The van der Waals surface area contributed by atoms with Crippen LogP contribution in [0.1, 0.15) is 55.7 Å². The minimum atomic E-state index is -4.40. The van der Waals surface area contributed by atoms with Gasteiger partial charge in [0.2, 0.25) is 0 Å². The summed E-state index contributed by atoms with van der Waals surface area (Å²) in [6, 6.07) is 3.98. The zero-order valence-corrected chi connectivity index (χ0v) is 17.0. The van der Waals surface area contributed by atoms with Crippen molar-refractivity contribution in [2.45, 2.75) is 70.4 Å². The predicted octanol–water partition coefficient (Wildman–Crippen LogP) is 7.08. The Bertz CT molecular complexity index is 790. The van der Waals surface area contributed by atoms with Crippen LogP contribution in [0.5, 0.6) is 0 Å². The van der Waals surface area contributed by atoms with E-state index in [1.165, 1.54) is 12.1 Å². The van der Waals surface area contributed by atoms with Crippen LogP contribution in [0, 0.1) is 5.92 Å². The van der Waals surface area contributed by atoms with Gasteiger partial charge in [-0.1, -0.05) is 44.1 Å². The quantitative estimate of drug-likeness (QED) is 0.451. The third-order valence-corrected chi connectivity index (χ3v) is 6.05. The molecule has 1 aliphatic carbocycles. The number of benzene rings is 1. The summed E-state index contributed by atoms with van der Waals surface area (Å²) in [7, 11) is 0. The molecule has 1 nitrogen and oxygen atoms in total. The van der Waals surface area contributed by atoms with Crippen LogP contribution in [0.4, 0.5) is 26.3 Å². The number of likely N-dealkylation sites (tertiary alicyclic amines) is 1. The van der Waals surface area contributed by atoms with E-state index in [0.717, 1.165) is 49.9 Å².